The molecule has 3 heteroatoms. The van der Waals surface area contributed by atoms with Gasteiger partial charge in [-0.15, -0.1) is 0 Å². The summed E-state index contributed by atoms with van der Waals surface area (Å²) in [6.45, 7) is 8.20. The Morgan fingerprint density at radius 2 is 1.76 bits per heavy atom. The lowest BCUT2D eigenvalue weighted by Gasteiger charge is -2.35. The van der Waals surface area contributed by atoms with E-state index in [0.717, 1.165) is 19.0 Å². The Labute approximate surface area is 107 Å². The van der Waals surface area contributed by atoms with Gasteiger partial charge in [0.05, 0.1) is 0 Å². The lowest BCUT2D eigenvalue weighted by Crippen LogP contribution is -2.43. The molecule has 1 aliphatic carbocycles. The quantitative estimate of drug-likeness (QED) is 0.769. The smallest absolute Gasteiger partial charge is 0.0194 e. The molecule has 1 saturated carbocycles. The average molecular weight is 241 g/mol. The number of nitrogens with two attached hydrogens (primary N) is 1. The summed E-state index contributed by atoms with van der Waals surface area (Å²) in [5.41, 5.74) is 5.97. The van der Waals surface area contributed by atoms with Crippen LogP contribution in [-0.4, -0.2) is 55.6 Å². The van der Waals surface area contributed by atoms with Crippen LogP contribution in [0, 0.1) is 5.92 Å². The van der Waals surface area contributed by atoms with E-state index in [-0.39, 0.29) is 0 Å². The van der Waals surface area contributed by atoms with Crippen LogP contribution in [-0.2, 0) is 0 Å². The van der Waals surface area contributed by atoms with E-state index in [4.69, 9.17) is 5.73 Å². The van der Waals surface area contributed by atoms with Gasteiger partial charge in [0, 0.05) is 25.2 Å². The molecule has 0 saturated heterocycles. The van der Waals surface area contributed by atoms with Crippen LogP contribution in [0.2, 0.25) is 0 Å². The molecule has 2 N–H and O–H groups in total. The predicted molar refractivity (Wildman–Crippen MR) is 75.2 cm³/mol. The second-order valence-electron chi connectivity index (χ2n) is 5.98. The van der Waals surface area contributed by atoms with E-state index < -0.39 is 0 Å². The highest BCUT2D eigenvalue weighted by molar-refractivity contribution is 4.78. The normalized spacial score (nSPS) is 27.7. The molecular weight excluding hydrogens is 210 g/mol. The van der Waals surface area contributed by atoms with Gasteiger partial charge in [-0.05, 0) is 59.2 Å². The van der Waals surface area contributed by atoms with Gasteiger partial charge >= 0.3 is 0 Å². The maximum atomic E-state index is 5.97. The van der Waals surface area contributed by atoms with Crippen LogP contribution < -0.4 is 5.73 Å². The summed E-state index contributed by atoms with van der Waals surface area (Å²) in [6, 6.07) is 1.13. The highest BCUT2D eigenvalue weighted by atomic mass is 15.2. The molecule has 0 aliphatic heterocycles. The standard InChI is InChI=1S/C14H31N3/c1-5-17(12(2)10-16(3)4)11-13-6-8-14(15)9-7-13/h12-14H,5-11,15H2,1-4H3. The number of hydrogen-bond donors (Lipinski definition) is 1. The second kappa shape index (κ2) is 7.34. The number of likely N-dealkylation sites (N-methyl/N-ethyl adjacent to an activating group) is 2. The minimum Gasteiger partial charge on any atom is -0.328 e. The summed E-state index contributed by atoms with van der Waals surface area (Å²) >= 11 is 0. The van der Waals surface area contributed by atoms with Crippen LogP contribution in [0.25, 0.3) is 0 Å². The fraction of sp³-hybridized carbons (Fsp3) is 1.00. The van der Waals surface area contributed by atoms with Crippen molar-refractivity contribution in [2.24, 2.45) is 11.7 Å². The van der Waals surface area contributed by atoms with Gasteiger partial charge in [-0.3, -0.25) is 4.90 Å². The highest BCUT2D eigenvalue weighted by Crippen LogP contribution is 2.24. The molecule has 1 atom stereocenters. The van der Waals surface area contributed by atoms with Gasteiger partial charge in [0.1, 0.15) is 0 Å². The molecule has 0 spiro atoms. The van der Waals surface area contributed by atoms with Crippen LogP contribution in [0.15, 0.2) is 0 Å². The summed E-state index contributed by atoms with van der Waals surface area (Å²) in [5, 5.41) is 0. The van der Waals surface area contributed by atoms with Gasteiger partial charge in [0.2, 0.25) is 0 Å². The van der Waals surface area contributed by atoms with Crippen molar-refractivity contribution in [3.63, 3.8) is 0 Å². The third kappa shape index (κ3) is 5.36. The summed E-state index contributed by atoms with van der Waals surface area (Å²) in [4.78, 5) is 4.91. The van der Waals surface area contributed by atoms with Gasteiger partial charge in [0.15, 0.2) is 0 Å². The van der Waals surface area contributed by atoms with E-state index in [9.17, 15) is 0 Å². The predicted octanol–water partition coefficient (Wildman–Crippen LogP) is 1.78. The van der Waals surface area contributed by atoms with Gasteiger partial charge < -0.3 is 10.6 Å². The second-order valence-corrected chi connectivity index (χ2v) is 5.98. The molecule has 17 heavy (non-hydrogen) atoms. The lowest BCUT2D eigenvalue weighted by atomic mass is 9.86. The number of nitrogens with zero attached hydrogens (tertiary/aromatic N) is 2. The molecular formula is C14H31N3. The zero-order valence-corrected chi connectivity index (χ0v) is 12.2. The van der Waals surface area contributed by atoms with E-state index in [0.29, 0.717) is 12.1 Å². The van der Waals surface area contributed by atoms with Crippen molar-refractivity contribution in [1.29, 1.82) is 0 Å². The molecule has 0 aromatic carbocycles. The summed E-state index contributed by atoms with van der Waals surface area (Å²) in [7, 11) is 4.31. The first kappa shape index (κ1) is 14.9. The minimum absolute atomic E-state index is 0.473. The molecule has 1 unspecified atom stereocenters. The van der Waals surface area contributed by atoms with Crippen molar-refractivity contribution in [3.8, 4) is 0 Å². The van der Waals surface area contributed by atoms with E-state index in [1.165, 1.54) is 32.2 Å². The minimum atomic E-state index is 0.473. The Kier molecular flexibility index (Phi) is 6.45. The zero-order chi connectivity index (χ0) is 12.8. The Bertz CT molecular complexity index is 198. The number of rotatable bonds is 6. The molecule has 0 aromatic heterocycles. The first-order valence-corrected chi connectivity index (χ1v) is 7.17. The molecule has 0 aromatic rings. The van der Waals surface area contributed by atoms with Crippen LogP contribution in [0.5, 0.6) is 0 Å². The Hall–Kier alpha value is -0.120. The van der Waals surface area contributed by atoms with Gasteiger partial charge in [-0.2, -0.15) is 0 Å². The van der Waals surface area contributed by atoms with Gasteiger partial charge in [-0.1, -0.05) is 6.92 Å². The Morgan fingerprint density at radius 1 is 1.18 bits per heavy atom. The van der Waals surface area contributed by atoms with Gasteiger partial charge in [0.25, 0.3) is 0 Å². The average Bonchev–Trinajstić information content (AvgIpc) is 2.27. The number of hydrogen-bond acceptors (Lipinski definition) is 3. The Balaban J connectivity index is 2.35. The van der Waals surface area contributed by atoms with E-state index >= 15 is 0 Å². The lowest BCUT2D eigenvalue weighted by molar-refractivity contribution is 0.139. The molecule has 1 aliphatic rings. The zero-order valence-electron chi connectivity index (χ0n) is 12.2. The van der Waals surface area contributed by atoms with Crippen molar-refractivity contribution >= 4 is 0 Å². The van der Waals surface area contributed by atoms with Crippen molar-refractivity contribution < 1.29 is 0 Å². The monoisotopic (exact) mass is 241 g/mol. The molecule has 1 fully saturated rings. The third-order valence-corrected chi connectivity index (χ3v) is 4.04. The van der Waals surface area contributed by atoms with Crippen LogP contribution in [0.3, 0.4) is 0 Å². The van der Waals surface area contributed by atoms with Crippen LogP contribution >= 0.6 is 0 Å². The molecule has 102 valence electrons. The molecule has 0 heterocycles. The summed E-state index contributed by atoms with van der Waals surface area (Å²) in [6.07, 6.45) is 5.10. The topological polar surface area (TPSA) is 32.5 Å². The largest absolute Gasteiger partial charge is 0.328 e. The maximum absolute atomic E-state index is 5.97. The highest BCUT2D eigenvalue weighted by Gasteiger charge is 2.22. The van der Waals surface area contributed by atoms with Crippen molar-refractivity contribution in [3.05, 3.63) is 0 Å². The van der Waals surface area contributed by atoms with Crippen LogP contribution in [0.4, 0.5) is 0 Å². The molecule has 3 nitrogen and oxygen atoms in total. The van der Waals surface area contributed by atoms with Crippen molar-refractivity contribution in [1.82, 2.24) is 9.80 Å². The fourth-order valence-electron chi connectivity index (χ4n) is 2.97. The van der Waals surface area contributed by atoms with Crippen LogP contribution in [0.1, 0.15) is 39.5 Å². The summed E-state index contributed by atoms with van der Waals surface area (Å²) in [5.74, 6) is 0.874. The maximum Gasteiger partial charge on any atom is 0.0194 e. The molecule has 0 amide bonds. The van der Waals surface area contributed by atoms with Gasteiger partial charge in [-0.25, -0.2) is 0 Å². The molecule has 0 bridgehead atoms. The van der Waals surface area contributed by atoms with E-state index in [1.807, 2.05) is 0 Å². The van der Waals surface area contributed by atoms with Crippen molar-refractivity contribution in [2.45, 2.75) is 51.6 Å². The molecule has 1 rings (SSSR count). The fourth-order valence-corrected chi connectivity index (χ4v) is 2.97. The van der Waals surface area contributed by atoms with E-state index in [1.54, 1.807) is 0 Å². The summed E-state index contributed by atoms with van der Waals surface area (Å²) < 4.78 is 0. The first-order chi connectivity index (χ1) is 8.02. The Morgan fingerprint density at radius 3 is 2.24 bits per heavy atom. The van der Waals surface area contributed by atoms with E-state index in [2.05, 4.69) is 37.7 Å². The first-order valence-electron chi connectivity index (χ1n) is 7.17. The third-order valence-electron chi connectivity index (χ3n) is 4.04. The van der Waals surface area contributed by atoms with Crippen molar-refractivity contribution in [2.75, 3.05) is 33.7 Å². The molecule has 0 radical (unpaired) electrons. The SMILES string of the molecule is CCN(CC1CCC(N)CC1)C(C)CN(C)C.